The number of rotatable bonds is 6. The summed E-state index contributed by atoms with van der Waals surface area (Å²) in [5, 5.41) is 6.68. The van der Waals surface area contributed by atoms with Gasteiger partial charge >= 0.3 is 0 Å². The number of carbonyl (C=O) groups excluding carboxylic acids is 1. The van der Waals surface area contributed by atoms with Gasteiger partial charge in [0, 0.05) is 30.1 Å². The molecule has 1 aliphatic heterocycles. The summed E-state index contributed by atoms with van der Waals surface area (Å²) in [6, 6.07) is 3.73. The maximum Gasteiger partial charge on any atom is 0.251 e. The number of anilines is 1. The van der Waals surface area contributed by atoms with Crippen molar-refractivity contribution >= 4 is 23.5 Å². The van der Waals surface area contributed by atoms with E-state index in [1.54, 1.807) is 0 Å². The molecule has 0 radical (unpaired) electrons. The van der Waals surface area contributed by atoms with Crippen LogP contribution in [0.25, 0.3) is 0 Å². The van der Waals surface area contributed by atoms with Gasteiger partial charge in [-0.15, -0.1) is 0 Å². The summed E-state index contributed by atoms with van der Waals surface area (Å²) in [6.07, 6.45) is 5.73. The monoisotopic (exact) mass is 307 g/mol. The summed E-state index contributed by atoms with van der Waals surface area (Å²) < 4.78 is 0. The van der Waals surface area contributed by atoms with Crippen molar-refractivity contribution < 1.29 is 4.79 Å². The molecule has 2 rings (SSSR count). The molecule has 1 unspecified atom stereocenters. The highest BCUT2D eigenvalue weighted by Crippen LogP contribution is 2.24. The van der Waals surface area contributed by atoms with Crippen molar-refractivity contribution in [2.24, 2.45) is 0 Å². The molecule has 1 fully saturated rings. The number of hydrogen-bond donors (Lipinski definition) is 2. The van der Waals surface area contributed by atoms with E-state index in [-0.39, 0.29) is 5.91 Å². The minimum atomic E-state index is 0.0115. The molecule has 2 N–H and O–H groups in total. The van der Waals surface area contributed by atoms with Gasteiger partial charge in [-0.3, -0.25) is 4.79 Å². The number of aryl methyl sites for hydroxylation is 1. The Hall–Kier alpha value is -1.23. The number of thioether (sulfide) groups is 1. The van der Waals surface area contributed by atoms with Crippen LogP contribution in [-0.2, 0) is 6.42 Å². The fourth-order valence-electron chi connectivity index (χ4n) is 2.51. The highest BCUT2D eigenvalue weighted by molar-refractivity contribution is 7.99. The fourth-order valence-corrected chi connectivity index (χ4v) is 3.75. The van der Waals surface area contributed by atoms with Crippen LogP contribution in [0.2, 0.25) is 0 Å². The first-order valence-corrected chi connectivity index (χ1v) is 8.86. The lowest BCUT2D eigenvalue weighted by atomic mass is 10.1. The van der Waals surface area contributed by atoms with Crippen LogP contribution in [0.3, 0.4) is 0 Å². The van der Waals surface area contributed by atoms with Crippen molar-refractivity contribution in [3.05, 3.63) is 23.4 Å². The summed E-state index contributed by atoms with van der Waals surface area (Å²) in [5.41, 5.74) is 1.68. The number of aromatic nitrogens is 1. The summed E-state index contributed by atoms with van der Waals surface area (Å²) in [7, 11) is 1.83. The second-order valence-corrected chi connectivity index (χ2v) is 6.84. The van der Waals surface area contributed by atoms with Gasteiger partial charge in [0.15, 0.2) is 0 Å². The zero-order valence-corrected chi connectivity index (χ0v) is 13.8. The van der Waals surface area contributed by atoms with Crippen molar-refractivity contribution in [2.45, 2.75) is 44.3 Å². The van der Waals surface area contributed by atoms with Crippen molar-refractivity contribution in [3.63, 3.8) is 0 Å². The standard InChI is InChI=1S/C16H25N3OS/c1-3-6-13-9-12(10-15(17-2)19-13)16(20)18-11-14-7-4-5-8-21-14/h9-10,14H,3-8,11H2,1-2H3,(H,17,19)(H,18,20). The molecule has 0 aliphatic carbocycles. The maximum atomic E-state index is 12.3. The minimum absolute atomic E-state index is 0.0115. The third kappa shape index (κ3) is 4.92. The zero-order chi connectivity index (χ0) is 15.1. The van der Waals surface area contributed by atoms with Crippen molar-refractivity contribution in [1.82, 2.24) is 10.3 Å². The summed E-state index contributed by atoms with van der Waals surface area (Å²) in [5.74, 6) is 2.00. The Morgan fingerprint density at radius 3 is 2.95 bits per heavy atom. The third-order valence-electron chi connectivity index (χ3n) is 3.67. The molecule has 1 aromatic heterocycles. The van der Waals surface area contributed by atoms with Gasteiger partial charge in [-0.25, -0.2) is 4.98 Å². The molecular weight excluding hydrogens is 282 g/mol. The number of nitrogens with zero attached hydrogens (tertiary/aromatic N) is 1. The van der Waals surface area contributed by atoms with Gasteiger partial charge in [0.25, 0.3) is 5.91 Å². The highest BCUT2D eigenvalue weighted by atomic mass is 32.2. The molecule has 0 bridgehead atoms. The Kier molecular flexibility index (Phi) is 6.36. The highest BCUT2D eigenvalue weighted by Gasteiger charge is 2.16. The van der Waals surface area contributed by atoms with E-state index < -0.39 is 0 Å². The first-order chi connectivity index (χ1) is 10.2. The predicted octanol–water partition coefficient (Wildman–Crippen LogP) is 3.09. The minimum Gasteiger partial charge on any atom is -0.373 e. The van der Waals surface area contributed by atoms with E-state index in [4.69, 9.17) is 0 Å². The molecule has 1 aliphatic rings. The van der Waals surface area contributed by atoms with Gasteiger partial charge < -0.3 is 10.6 Å². The molecule has 4 nitrogen and oxygen atoms in total. The van der Waals surface area contributed by atoms with Gasteiger partial charge in [-0.2, -0.15) is 11.8 Å². The van der Waals surface area contributed by atoms with Gasteiger partial charge in [-0.05, 0) is 37.1 Å². The molecule has 0 saturated carbocycles. The summed E-state index contributed by atoms with van der Waals surface area (Å²) >= 11 is 1.98. The van der Waals surface area contributed by atoms with E-state index in [9.17, 15) is 4.79 Å². The number of carbonyl (C=O) groups is 1. The van der Waals surface area contributed by atoms with E-state index in [0.717, 1.165) is 30.9 Å². The van der Waals surface area contributed by atoms with Gasteiger partial charge in [-0.1, -0.05) is 19.8 Å². The summed E-state index contributed by atoms with van der Waals surface area (Å²) in [4.78, 5) is 16.8. The first kappa shape index (κ1) is 16.1. The van der Waals surface area contributed by atoms with E-state index in [1.165, 1.54) is 25.0 Å². The lowest BCUT2D eigenvalue weighted by Gasteiger charge is -2.21. The lowest BCUT2D eigenvalue weighted by Crippen LogP contribution is -2.32. The van der Waals surface area contributed by atoms with Crippen molar-refractivity contribution in [3.8, 4) is 0 Å². The van der Waals surface area contributed by atoms with E-state index >= 15 is 0 Å². The van der Waals surface area contributed by atoms with E-state index in [0.29, 0.717) is 10.8 Å². The van der Waals surface area contributed by atoms with Crippen LogP contribution in [0.5, 0.6) is 0 Å². The van der Waals surface area contributed by atoms with E-state index in [2.05, 4.69) is 22.5 Å². The van der Waals surface area contributed by atoms with Gasteiger partial charge in [0.05, 0.1) is 0 Å². The molecule has 116 valence electrons. The average molecular weight is 307 g/mol. The number of nitrogens with one attached hydrogen (secondary N) is 2. The number of pyridine rings is 1. The summed E-state index contributed by atoms with van der Waals surface area (Å²) in [6.45, 7) is 2.89. The topological polar surface area (TPSA) is 54.0 Å². The molecular formula is C16H25N3OS. The molecule has 0 aromatic carbocycles. The van der Waals surface area contributed by atoms with Crippen LogP contribution in [0.15, 0.2) is 12.1 Å². The normalized spacial score (nSPS) is 18.3. The Morgan fingerprint density at radius 1 is 1.43 bits per heavy atom. The smallest absolute Gasteiger partial charge is 0.251 e. The Balaban J connectivity index is 1.98. The van der Waals surface area contributed by atoms with Crippen LogP contribution in [0.4, 0.5) is 5.82 Å². The van der Waals surface area contributed by atoms with Crippen molar-refractivity contribution in [2.75, 3.05) is 24.7 Å². The predicted molar refractivity (Wildman–Crippen MR) is 90.2 cm³/mol. The average Bonchev–Trinajstić information content (AvgIpc) is 2.53. The maximum absolute atomic E-state index is 12.3. The molecule has 1 saturated heterocycles. The van der Waals surface area contributed by atoms with E-state index in [1.807, 2.05) is 30.9 Å². The van der Waals surface area contributed by atoms with Crippen LogP contribution in [0.1, 0.15) is 48.7 Å². The van der Waals surface area contributed by atoms with Crippen LogP contribution in [-0.4, -0.2) is 35.5 Å². The molecule has 2 heterocycles. The second-order valence-electron chi connectivity index (χ2n) is 5.43. The Bertz CT molecular complexity index is 473. The molecule has 1 atom stereocenters. The Morgan fingerprint density at radius 2 is 2.29 bits per heavy atom. The first-order valence-electron chi connectivity index (χ1n) is 7.81. The van der Waals surface area contributed by atoms with Gasteiger partial charge in [0.2, 0.25) is 0 Å². The van der Waals surface area contributed by atoms with Crippen molar-refractivity contribution in [1.29, 1.82) is 0 Å². The molecule has 21 heavy (non-hydrogen) atoms. The molecule has 1 amide bonds. The molecule has 5 heteroatoms. The number of amides is 1. The molecule has 1 aromatic rings. The van der Waals surface area contributed by atoms with Gasteiger partial charge in [0.1, 0.15) is 5.82 Å². The van der Waals surface area contributed by atoms with Crippen LogP contribution < -0.4 is 10.6 Å². The Labute approximate surface area is 131 Å². The largest absolute Gasteiger partial charge is 0.373 e. The zero-order valence-electron chi connectivity index (χ0n) is 12.9. The third-order valence-corrected chi connectivity index (χ3v) is 5.07. The SMILES string of the molecule is CCCc1cc(C(=O)NCC2CCCCS2)cc(NC)n1. The molecule has 0 spiro atoms. The lowest BCUT2D eigenvalue weighted by molar-refractivity contribution is 0.0953. The fraction of sp³-hybridized carbons (Fsp3) is 0.625. The second kappa shape index (κ2) is 8.27. The van der Waals surface area contributed by atoms with Crippen LogP contribution >= 0.6 is 11.8 Å². The number of hydrogen-bond acceptors (Lipinski definition) is 4. The quantitative estimate of drug-likeness (QED) is 0.848. The van der Waals surface area contributed by atoms with Crippen LogP contribution in [0, 0.1) is 0 Å².